The SMILES string of the molecule is Cc1ccc(S[C@@H]2O[C@H](CO[Si](c3ccccc3)(c3ccccc3)C(C)(C)C)[C@H](OCc3ccccc3)[C@H](OCc3ccccc3)[C@H]2OCc2ccccc2)cc1. The van der Waals surface area contributed by atoms with Crippen molar-refractivity contribution >= 4 is 30.5 Å². The summed E-state index contributed by atoms with van der Waals surface area (Å²) in [6, 6.07) is 61.1. The fourth-order valence-corrected chi connectivity index (χ4v) is 13.4. The molecule has 7 rings (SSSR count). The average molecular weight is 795 g/mol. The van der Waals surface area contributed by atoms with Crippen LogP contribution in [0.4, 0.5) is 0 Å². The van der Waals surface area contributed by atoms with Crippen molar-refractivity contribution in [2.45, 2.75) is 87.3 Å². The largest absolute Gasteiger partial charge is 0.405 e. The fraction of sp³-hybridized carbons (Fsp3) is 0.280. The van der Waals surface area contributed by atoms with E-state index in [2.05, 4.69) is 149 Å². The molecule has 57 heavy (non-hydrogen) atoms. The maximum Gasteiger partial charge on any atom is 0.261 e. The summed E-state index contributed by atoms with van der Waals surface area (Å²) < 4.78 is 36.0. The topological polar surface area (TPSA) is 46.2 Å². The third-order valence-electron chi connectivity index (χ3n) is 10.6. The summed E-state index contributed by atoms with van der Waals surface area (Å²) in [5.41, 5.74) is 4.01. The molecule has 1 saturated heterocycles. The maximum absolute atomic E-state index is 7.61. The van der Waals surface area contributed by atoms with E-state index < -0.39 is 38.2 Å². The number of benzene rings is 6. The lowest BCUT2D eigenvalue weighted by atomic mass is 9.99. The number of thioether (sulfide) groups is 1. The van der Waals surface area contributed by atoms with Crippen molar-refractivity contribution in [2.24, 2.45) is 0 Å². The van der Waals surface area contributed by atoms with Crippen molar-refractivity contribution in [3.8, 4) is 0 Å². The Kier molecular flexibility index (Phi) is 13.9. The number of ether oxygens (including phenoxy) is 4. The highest BCUT2D eigenvalue weighted by atomic mass is 32.2. The lowest BCUT2D eigenvalue weighted by Gasteiger charge is -2.48. The number of hydrogen-bond donors (Lipinski definition) is 0. The highest BCUT2D eigenvalue weighted by Gasteiger charge is 2.53. The first-order valence-corrected chi connectivity index (χ1v) is 22.7. The molecule has 0 aromatic heterocycles. The van der Waals surface area contributed by atoms with Crippen LogP contribution in [-0.2, 0) is 43.2 Å². The summed E-state index contributed by atoms with van der Waals surface area (Å²) in [5, 5.41) is 2.21. The van der Waals surface area contributed by atoms with Gasteiger partial charge in [-0.05, 0) is 51.2 Å². The van der Waals surface area contributed by atoms with Gasteiger partial charge in [-0.25, -0.2) is 0 Å². The van der Waals surface area contributed by atoms with E-state index in [4.69, 9.17) is 23.4 Å². The Balaban J connectivity index is 1.31. The Hall–Kier alpha value is -4.31. The summed E-state index contributed by atoms with van der Waals surface area (Å²) in [7, 11) is -2.94. The van der Waals surface area contributed by atoms with Crippen LogP contribution in [0.25, 0.3) is 0 Å². The van der Waals surface area contributed by atoms with Gasteiger partial charge in [0.1, 0.15) is 29.9 Å². The second-order valence-electron chi connectivity index (χ2n) is 15.7. The molecule has 6 aromatic carbocycles. The van der Waals surface area contributed by atoms with Gasteiger partial charge in [0, 0.05) is 4.90 Å². The third kappa shape index (κ3) is 10.2. The zero-order chi connectivity index (χ0) is 39.5. The van der Waals surface area contributed by atoms with E-state index in [-0.39, 0.29) is 5.04 Å². The lowest BCUT2D eigenvalue weighted by Crippen LogP contribution is -2.68. The zero-order valence-corrected chi connectivity index (χ0v) is 35.2. The van der Waals surface area contributed by atoms with Crippen LogP contribution in [0.3, 0.4) is 0 Å². The zero-order valence-electron chi connectivity index (χ0n) is 33.4. The van der Waals surface area contributed by atoms with Crippen molar-refractivity contribution < 1.29 is 23.4 Å². The summed E-state index contributed by atoms with van der Waals surface area (Å²) >= 11 is 1.67. The molecular formula is C50H54O5SSi. The molecule has 0 unspecified atom stereocenters. The van der Waals surface area contributed by atoms with Gasteiger partial charge in [0.05, 0.1) is 26.4 Å². The van der Waals surface area contributed by atoms with Gasteiger partial charge in [-0.3, -0.25) is 0 Å². The fourth-order valence-electron chi connectivity index (χ4n) is 7.69. The normalized spacial score (nSPS) is 20.0. The maximum atomic E-state index is 7.61. The molecular weight excluding hydrogens is 741 g/mol. The quantitative estimate of drug-likeness (QED) is 0.0910. The van der Waals surface area contributed by atoms with Crippen LogP contribution in [0.5, 0.6) is 0 Å². The molecule has 5 atom stereocenters. The summed E-state index contributed by atoms with van der Waals surface area (Å²) in [5.74, 6) is 0. The monoisotopic (exact) mass is 794 g/mol. The van der Waals surface area contributed by atoms with Crippen molar-refractivity contribution in [3.05, 3.63) is 198 Å². The Morgan fingerprint density at radius 3 is 1.35 bits per heavy atom. The van der Waals surface area contributed by atoms with Crippen LogP contribution in [0.2, 0.25) is 5.04 Å². The summed E-state index contributed by atoms with van der Waals surface area (Å²) in [4.78, 5) is 1.09. The Morgan fingerprint density at radius 2 is 0.912 bits per heavy atom. The van der Waals surface area contributed by atoms with Crippen LogP contribution in [0.15, 0.2) is 181 Å². The molecule has 0 N–H and O–H groups in total. The molecule has 5 nitrogen and oxygen atoms in total. The molecule has 0 radical (unpaired) electrons. The van der Waals surface area contributed by atoms with Gasteiger partial charge in [-0.2, -0.15) is 0 Å². The van der Waals surface area contributed by atoms with Crippen molar-refractivity contribution in [3.63, 3.8) is 0 Å². The van der Waals surface area contributed by atoms with Gasteiger partial charge in [-0.1, -0.05) is 202 Å². The van der Waals surface area contributed by atoms with Gasteiger partial charge in [0.25, 0.3) is 8.32 Å². The van der Waals surface area contributed by atoms with Gasteiger partial charge in [0.15, 0.2) is 0 Å². The van der Waals surface area contributed by atoms with Gasteiger partial charge in [0.2, 0.25) is 0 Å². The van der Waals surface area contributed by atoms with Crippen molar-refractivity contribution in [1.82, 2.24) is 0 Å². The standard InChI is InChI=1S/C50H54O5SSi/c1-38-30-32-42(33-31-38)56-49-48(53-36-41-24-14-7-15-25-41)47(52-35-40-22-12-6-13-23-40)46(51-34-39-20-10-5-11-21-39)45(55-49)37-54-57(50(2,3)4,43-26-16-8-17-27-43)44-28-18-9-19-29-44/h5-33,45-49H,34-37H2,1-4H3/t45-,46+,47+,48-,49+/m1/s1. The van der Waals surface area contributed by atoms with Crippen LogP contribution in [-0.4, -0.2) is 44.8 Å². The second-order valence-corrected chi connectivity index (χ2v) is 21.2. The smallest absolute Gasteiger partial charge is 0.261 e. The Bertz CT molecular complexity index is 2020. The molecule has 6 aromatic rings. The molecule has 0 bridgehead atoms. The minimum atomic E-state index is -2.94. The van der Waals surface area contributed by atoms with E-state index in [0.29, 0.717) is 26.4 Å². The molecule has 7 heteroatoms. The molecule has 1 heterocycles. The first kappa shape index (κ1) is 40.9. The van der Waals surface area contributed by atoms with Gasteiger partial charge in [-0.15, -0.1) is 0 Å². The summed E-state index contributed by atoms with van der Waals surface area (Å²) in [6.07, 6.45) is -1.99. The number of hydrogen-bond acceptors (Lipinski definition) is 6. The van der Waals surface area contributed by atoms with Crippen molar-refractivity contribution in [2.75, 3.05) is 6.61 Å². The molecule has 1 fully saturated rings. The van der Waals surface area contributed by atoms with Crippen LogP contribution in [0, 0.1) is 6.92 Å². The van der Waals surface area contributed by atoms with E-state index in [1.54, 1.807) is 11.8 Å². The molecule has 294 valence electrons. The lowest BCUT2D eigenvalue weighted by molar-refractivity contribution is -0.251. The van der Waals surface area contributed by atoms with E-state index in [0.717, 1.165) is 21.6 Å². The first-order chi connectivity index (χ1) is 27.8. The van der Waals surface area contributed by atoms with E-state index in [1.807, 2.05) is 54.6 Å². The minimum absolute atomic E-state index is 0.217. The number of aryl methyl sites for hydroxylation is 1. The van der Waals surface area contributed by atoms with E-state index >= 15 is 0 Å². The molecule has 0 spiro atoms. The average Bonchev–Trinajstić information content (AvgIpc) is 3.24. The minimum Gasteiger partial charge on any atom is -0.405 e. The molecule has 1 aliphatic heterocycles. The Morgan fingerprint density at radius 1 is 0.509 bits per heavy atom. The summed E-state index contributed by atoms with van der Waals surface area (Å²) in [6.45, 7) is 10.5. The number of rotatable bonds is 16. The van der Waals surface area contributed by atoms with Crippen LogP contribution < -0.4 is 10.4 Å². The van der Waals surface area contributed by atoms with Crippen molar-refractivity contribution in [1.29, 1.82) is 0 Å². The third-order valence-corrected chi connectivity index (χ3v) is 16.8. The van der Waals surface area contributed by atoms with Gasteiger partial charge < -0.3 is 23.4 Å². The molecule has 0 aliphatic carbocycles. The van der Waals surface area contributed by atoms with Crippen LogP contribution >= 0.6 is 11.8 Å². The molecule has 0 amide bonds. The van der Waals surface area contributed by atoms with E-state index in [1.165, 1.54) is 15.9 Å². The first-order valence-electron chi connectivity index (χ1n) is 19.9. The molecule has 1 aliphatic rings. The highest BCUT2D eigenvalue weighted by molar-refractivity contribution is 7.99. The predicted molar refractivity (Wildman–Crippen MR) is 234 cm³/mol. The predicted octanol–water partition coefficient (Wildman–Crippen LogP) is 10.1. The van der Waals surface area contributed by atoms with Crippen LogP contribution in [0.1, 0.15) is 43.0 Å². The van der Waals surface area contributed by atoms with Gasteiger partial charge >= 0.3 is 0 Å². The highest BCUT2D eigenvalue weighted by Crippen LogP contribution is 2.41. The molecule has 0 saturated carbocycles. The second kappa shape index (κ2) is 19.4. The van der Waals surface area contributed by atoms with E-state index in [9.17, 15) is 0 Å². The Labute approximate surface area is 344 Å².